The lowest BCUT2D eigenvalue weighted by Crippen LogP contribution is -2.34. The first-order valence-corrected chi connectivity index (χ1v) is 13.4. The molecule has 1 aromatic heterocycles. The average molecular weight is 494 g/mol. The van der Waals surface area contributed by atoms with Gasteiger partial charge in [-0.25, -0.2) is 4.98 Å². The van der Waals surface area contributed by atoms with E-state index >= 15 is 0 Å². The molecule has 188 valence electrons. The number of piperidine rings is 1. The van der Waals surface area contributed by atoms with Gasteiger partial charge in [0.1, 0.15) is 11.6 Å². The van der Waals surface area contributed by atoms with Crippen molar-refractivity contribution in [2.75, 3.05) is 13.7 Å². The summed E-state index contributed by atoms with van der Waals surface area (Å²) in [5.41, 5.74) is 8.84. The zero-order valence-electron chi connectivity index (χ0n) is 22.2. The molecule has 0 aliphatic carbocycles. The number of hydrogen-bond acceptors (Lipinski definition) is 3. The van der Waals surface area contributed by atoms with E-state index in [9.17, 15) is 0 Å². The summed E-state index contributed by atoms with van der Waals surface area (Å²) < 4.78 is 7.98. The van der Waals surface area contributed by atoms with Crippen molar-refractivity contribution in [1.29, 1.82) is 0 Å². The Balaban J connectivity index is 1.74. The molecule has 1 aliphatic rings. The standard InChI is InChI=1S/C30H40ClN3O/c1-7-8-18-34-26(29(31)32-30(34)28-20(2)12-11-13-21(28)3)19-33-17-10-9-14-25(33)24-15-16-27(35-6)23(5)22(24)4/h11-13,15-16,25H,7-10,14,17-19H2,1-6H3. The highest BCUT2D eigenvalue weighted by Gasteiger charge is 2.29. The number of unbranched alkanes of at least 4 members (excludes halogenated alkanes) is 1. The molecule has 1 atom stereocenters. The normalized spacial score (nSPS) is 16.6. The summed E-state index contributed by atoms with van der Waals surface area (Å²) in [5, 5.41) is 0.644. The van der Waals surface area contributed by atoms with Crippen molar-refractivity contribution in [3.8, 4) is 17.1 Å². The molecule has 35 heavy (non-hydrogen) atoms. The van der Waals surface area contributed by atoms with Crippen LogP contribution < -0.4 is 4.74 Å². The Hall–Kier alpha value is -2.30. The summed E-state index contributed by atoms with van der Waals surface area (Å²) in [6.07, 6.45) is 5.88. The van der Waals surface area contributed by atoms with Crippen LogP contribution in [0, 0.1) is 27.7 Å². The molecule has 5 heteroatoms. The Kier molecular flexibility index (Phi) is 8.23. The summed E-state index contributed by atoms with van der Waals surface area (Å²) in [4.78, 5) is 7.58. The molecule has 0 amide bonds. The summed E-state index contributed by atoms with van der Waals surface area (Å²) >= 11 is 6.92. The maximum Gasteiger partial charge on any atom is 0.152 e. The number of aryl methyl sites for hydroxylation is 2. The lowest BCUT2D eigenvalue weighted by molar-refractivity contribution is 0.136. The van der Waals surface area contributed by atoms with Crippen LogP contribution in [0.3, 0.4) is 0 Å². The van der Waals surface area contributed by atoms with Crippen LogP contribution >= 0.6 is 11.6 Å². The van der Waals surface area contributed by atoms with E-state index in [1.54, 1.807) is 7.11 Å². The number of aromatic nitrogens is 2. The molecule has 2 aromatic carbocycles. The van der Waals surface area contributed by atoms with Crippen molar-refractivity contribution < 1.29 is 4.74 Å². The minimum absolute atomic E-state index is 0.377. The second kappa shape index (κ2) is 11.2. The van der Waals surface area contributed by atoms with Crippen LogP contribution in [-0.4, -0.2) is 28.1 Å². The SMILES string of the molecule is CCCCn1c(-c2c(C)cccc2C)nc(Cl)c1CN1CCCCC1c1ccc(OC)c(C)c1C. The third kappa shape index (κ3) is 5.15. The van der Waals surface area contributed by atoms with Crippen LogP contribution in [0.25, 0.3) is 11.4 Å². The molecule has 0 saturated carbocycles. The highest BCUT2D eigenvalue weighted by molar-refractivity contribution is 6.30. The van der Waals surface area contributed by atoms with Gasteiger partial charge in [-0.2, -0.15) is 0 Å². The van der Waals surface area contributed by atoms with E-state index in [1.807, 2.05) is 0 Å². The first-order chi connectivity index (χ1) is 16.9. The number of nitrogens with zero attached hydrogens (tertiary/aromatic N) is 3. The summed E-state index contributed by atoms with van der Waals surface area (Å²) in [6.45, 7) is 13.8. The molecular weight excluding hydrogens is 454 g/mol. The monoisotopic (exact) mass is 493 g/mol. The minimum atomic E-state index is 0.377. The first kappa shape index (κ1) is 25.8. The second-order valence-electron chi connectivity index (χ2n) is 10.0. The predicted molar refractivity (Wildman–Crippen MR) is 147 cm³/mol. The number of hydrogen-bond donors (Lipinski definition) is 0. The van der Waals surface area contributed by atoms with Gasteiger partial charge >= 0.3 is 0 Å². The van der Waals surface area contributed by atoms with Gasteiger partial charge in [-0.05, 0) is 87.4 Å². The van der Waals surface area contributed by atoms with E-state index in [0.29, 0.717) is 11.2 Å². The molecule has 2 heterocycles. The minimum Gasteiger partial charge on any atom is -0.496 e. The number of ether oxygens (including phenoxy) is 1. The molecule has 4 rings (SSSR count). The fourth-order valence-electron chi connectivity index (χ4n) is 5.65. The van der Waals surface area contributed by atoms with E-state index in [-0.39, 0.29) is 0 Å². The zero-order valence-corrected chi connectivity index (χ0v) is 23.0. The molecule has 3 aromatic rings. The van der Waals surface area contributed by atoms with Crippen LogP contribution in [0.2, 0.25) is 5.15 Å². The number of imidazole rings is 1. The third-order valence-corrected chi connectivity index (χ3v) is 8.09. The Morgan fingerprint density at radius 1 is 1.03 bits per heavy atom. The molecule has 1 saturated heterocycles. The number of benzene rings is 2. The quantitative estimate of drug-likeness (QED) is 0.318. The molecule has 0 spiro atoms. The summed E-state index contributed by atoms with van der Waals surface area (Å²) in [6, 6.07) is 11.2. The van der Waals surface area contributed by atoms with E-state index in [2.05, 4.69) is 74.4 Å². The highest BCUT2D eigenvalue weighted by atomic mass is 35.5. The Morgan fingerprint density at radius 2 is 1.77 bits per heavy atom. The topological polar surface area (TPSA) is 30.3 Å². The zero-order chi connectivity index (χ0) is 25.1. The molecule has 1 unspecified atom stereocenters. The molecular formula is C30H40ClN3O. The summed E-state index contributed by atoms with van der Waals surface area (Å²) in [5.74, 6) is 1.98. The van der Waals surface area contributed by atoms with E-state index in [4.69, 9.17) is 21.3 Å². The summed E-state index contributed by atoms with van der Waals surface area (Å²) in [7, 11) is 1.75. The van der Waals surface area contributed by atoms with Crippen molar-refractivity contribution in [3.63, 3.8) is 0 Å². The van der Waals surface area contributed by atoms with Gasteiger partial charge in [0.15, 0.2) is 5.15 Å². The average Bonchev–Trinajstić information content (AvgIpc) is 3.14. The lowest BCUT2D eigenvalue weighted by atomic mass is 9.90. The van der Waals surface area contributed by atoms with Crippen molar-refractivity contribution in [2.24, 2.45) is 0 Å². The van der Waals surface area contributed by atoms with Crippen molar-refractivity contribution in [2.45, 2.75) is 85.9 Å². The highest BCUT2D eigenvalue weighted by Crippen LogP contribution is 2.38. The van der Waals surface area contributed by atoms with Gasteiger partial charge in [-0.15, -0.1) is 0 Å². The van der Waals surface area contributed by atoms with Gasteiger partial charge in [0.25, 0.3) is 0 Å². The Labute approximate surface area is 216 Å². The smallest absolute Gasteiger partial charge is 0.152 e. The number of rotatable bonds is 8. The van der Waals surface area contributed by atoms with Crippen LogP contribution in [0.4, 0.5) is 0 Å². The number of halogens is 1. The van der Waals surface area contributed by atoms with E-state index in [1.165, 1.54) is 46.2 Å². The predicted octanol–water partition coefficient (Wildman–Crippen LogP) is 7.97. The van der Waals surface area contributed by atoms with Gasteiger partial charge in [0.2, 0.25) is 0 Å². The Bertz CT molecular complexity index is 1160. The third-order valence-electron chi connectivity index (χ3n) is 7.79. The fraction of sp³-hybridized carbons (Fsp3) is 0.500. The molecule has 1 fully saturated rings. The van der Waals surface area contributed by atoms with Gasteiger partial charge in [0.05, 0.1) is 12.8 Å². The first-order valence-electron chi connectivity index (χ1n) is 13.1. The molecule has 4 nitrogen and oxygen atoms in total. The van der Waals surface area contributed by atoms with Gasteiger partial charge in [0, 0.05) is 24.7 Å². The van der Waals surface area contributed by atoms with Crippen molar-refractivity contribution in [3.05, 3.63) is 69.0 Å². The maximum atomic E-state index is 6.92. The van der Waals surface area contributed by atoms with Crippen LogP contribution in [0.15, 0.2) is 30.3 Å². The fourth-order valence-corrected chi connectivity index (χ4v) is 5.89. The largest absolute Gasteiger partial charge is 0.496 e. The van der Waals surface area contributed by atoms with Gasteiger partial charge < -0.3 is 9.30 Å². The number of likely N-dealkylation sites (tertiary alicyclic amines) is 1. The number of methoxy groups -OCH3 is 1. The van der Waals surface area contributed by atoms with Crippen molar-refractivity contribution >= 4 is 11.6 Å². The Morgan fingerprint density at radius 3 is 2.46 bits per heavy atom. The van der Waals surface area contributed by atoms with Gasteiger partial charge in [-0.1, -0.05) is 55.6 Å². The molecule has 1 aliphatic heterocycles. The van der Waals surface area contributed by atoms with E-state index < -0.39 is 0 Å². The second-order valence-corrected chi connectivity index (χ2v) is 10.4. The molecule has 0 N–H and O–H groups in total. The van der Waals surface area contributed by atoms with Crippen molar-refractivity contribution in [1.82, 2.24) is 14.5 Å². The van der Waals surface area contributed by atoms with E-state index in [0.717, 1.165) is 56.2 Å². The molecule has 0 radical (unpaired) electrons. The lowest BCUT2D eigenvalue weighted by Gasteiger charge is -2.37. The van der Waals surface area contributed by atoms with Gasteiger partial charge in [-0.3, -0.25) is 4.90 Å². The van der Waals surface area contributed by atoms with Crippen LogP contribution in [-0.2, 0) is 13.1 Å². The van der Waals surface area contributed by atoms with Crippen LogP contribution in [0.1, 0.15) is 78.6 Å². The molecule has 0 bridgehead atoms. The maximum absolute atomic E-state index is 6.92. The van der Waals surface area contributed by atoms with Crippen LogP contribution in [0.5, 0.6) is 5.75 Å².